The maximum Gasteiger partial charge on any atom is 0.322 e. The predicted octanol–water partition coefficient (Wildman–Crippen LogP) is 1.52. The molecule has 2 heterocycles. The highest BCUT2D eigenvalue weighted by Crippen LogP contribution is 2.26. The van der Waals surface area contributed by atoms with Crippen LogP contribution in [-0.4, -0.2) is 52.2 Å². The summed E-state index contributed by atoms with van der Waals surface area (Å²) in [6.07, 6.45) is 2.99. The Morgan fingerprint density at radius 3 is 2.57 bits per heavy atom. The molecule has 0 atom stereocenters. The molecule has 8 nitrogen and oxygen atoms in total. The molecule has 2 rings (SSSR count). The normalized spacial score (nSPS) is 15.3. The van der Waals surface area contributed by atoms with Gasteiger partial charge in [-0.05, 0) is 45.7 Å². The zero-order valence-electron chi connectivity index (χ0n) is 13.7. The third-order valence-corrected chi connectivity index (χ3v) is 4.28. The Balaban J connectivity index is 0.00000264. The predicted molar refractivity (Wildman–Crippen MR) is 89.0 cm³/mol. The monoisotopic (exact) mass is 345 g/mol. The number of likely N-dealkylation sites (tertiary alicyclic amines) is 1. The third kappa shape index (κ3) is 4.20. The molecule has 1 aliphatic heterocycles. The molecule has 0 unspecified atom stereocenters. The van der Waals surface area contributed by atoms with E-state index in [1.165, 1.54) is 4.68 Å². The first kappa shape index (κ1) is 19.4. The lowest BCUT2D eigenvalue weighted by molar-refractivity contribution is -0.385. The zero-order valence-corrected chi connectivity index (χ0v) is 14.6. The van der Waals surface area contributed by atoms with Crippen molar-refractivity contribution in [3.05, 3.63) is 21.5 Å². The lowest BCUT2D eigenvalue weighted by Crippen LogP contribution is -2.40. The molecular formula is C14H24ClN5O3. The van der Waals surface area contributed by atoms with Gasteiger partial charge in [0.15, 0.2) is 0 Å². The number of hydrogen-bond acceptors (Lipinski definition) is 5. The molecule has 0 radical (unpaired) electrons. The molecule has 0 aromatic carbocycles. The summed E-state index contributed by atoms with van der Waals surface area (Å²) in [5.74, 6) is 0.321. The summed E-state index contributed by atoms with van der Waals surface area (Å²) in [6.45, 7) is 3.83. The number of nitrogens with one attached hydrogen (secondary N) is 1. The Morgan fingerprint density at radius 1 is 1.43 bits per heavy atom. The molecule has 9 heteroatoms. The van der Waals surface area contributed by atoms with Crippen LogP contribution in [0.3, 0.4) is 0 Å². The van der Waals surface area contributed by atoms with E-state index in [9.17, 15) is 14.9 Å². The number of nitro groups is 1. The number of aromatic nitrogens is 2. The van der Waals surface area contributed by atoms with Crippen molar-refractivity contribution in [3.63, 3.8) is 0 Å². The lowest BCUT2D eigenvalue weighted by atomic mass is 9.93. The number of rotatable bonds is 5. The van der Waals surface area contributed by atoms with E-state index in [-0.39, 0.29) is 35.4 Å². The minimum Gasteiger partial charge on any atom is -0.337 e. The number of carbonyl (C=O) groups is 1. The summed E-state index contributed by atoms with van der Waals surface area (Å²) >= 11 is 0. The summed E-state index contributed by atoms with van der Waals surface area (Å²) in [5, 5.41) is 18.3. The van der Waals surface area contributed by atoms with Crippen LogP contribution >= 0.6 is 12.4 Å². The average molecular weight is 346 g/mol. The van der Waals surface area contributed by atoms with Crippen LogP contribution in [0.1, 0.15) is 35.4 Å². The molecule has 1 aliphatic rings. The van der Waals surface area contributed by atoms with E-state index < -0.39 is 4.92 Å². The quantitative estimate of drug-likeness (QED) is 0.645. The van der Waals surface area contributed by atoms with Gasteiger partial charge >= 0.3 is 5.69 Å². The molecule has 1 N–H and O–H groups in total. The van der Waals surface area contributed by atoms with Gasteiger partial charge in [0.1, 0.15) is 5.69 Å². The number of piperidine rings is 1. The van der Waals surface area contributed by atoms with Crippen LogP contribution in [0, 0.1) is 23.0 Å². The summed E-state index contributed by atoms with van der Waals surface area (Å²) in [6, 6.07) is 0. The van der Waals surface area contributed by atoms with Crippen LogP contribution < -0.4 is 5.32 Å². The van der Waals surface area contributed by atoms with E-state index in [0.29, 0.717) is 19.0 Å². The van der Waals surface area contributed by atoms with Gasteiger partial charge in [-0.2, -0.15) is 5.10 Å². The van der Waals surface area contributed by atoms with Crippen LogP contribution in [0.2, 0.25) is 0 Å². The minimum absolute atomic E-state index is 0. The minimum atomic E-state index is -0.519. The van der Waals surface area contributed by atoms with Crippen molar-refractivity contribution in [2.45, 2.75) is 26.2 Å². The second kappa shape index (κ2) is 8.26. The van der Waals surface area contributed by atoms with Gasteiger partial charge in [-0.25, -0.2) is 0 Å². The van der Waals surface area contributed by atoms with E-state index in [1.54, 1.807) is 18.9 Å². The summed E-state index contributed by atoms with van der Waals surface area (Å²) in [5.41, 5.74) is 0.181. The fourth-order valence-electron chi connectivity index (χ4n) is 3.03. The number of carbonyl (C=O) groups excluding carboxylic acids is 1. The summed E-state index contributed by atoms with van der Waals surface area (Å²) < 4.78 is 1.32. The summed E-state index contributed by atoms with van der Waals surface area (Å²) in [4.78, 5) is 25.0. The van der Waals surface area contributed by atoms with Crippen molar-refractivity contribution in [1.29, 1.82) is 0 Å². The molecule has 0 spiro atoms. The van der Waals surface area contributed by atoms with Crippen LogP contribution in [0.4, 0.5) is 5.69 Å². The van der Waals surface area contributed by atoms with Gasteiger partial charge in [0.25, 0.3) is 5.91 Å². The number of aryl methyl sites for hydroxylation is 2. The highest BCUT2D eigenvalue weighted by atomic mass is 35.5. The highest BCUT2D eigenvalue weighted by Gasteiger charge is 2.33. The maximum atomic E-state index is 12.6. The van der Waals surface area contributed by atoms with Gasteiger partial charge in [-0.15, -0.1) is 12.4 Å². The third-order valence-electron chi connectivity index (χ3n) is 4.28. The maximum absolute atomic E-state index is 12.6. The van der Waals surface area contributed by atoms with Gasteiger partial charge < -0.3 is 10.2 Å². The average Bonchev–Trinajstić information content (AvgIpc) is 2.79. The van der Waals surface area contributed by atoms with Gasteiger partial charge in [0.2, 0.25) is 5.69 Å². The standard InChI is InChI=1S/C14H23N5O3.ClH/c1-10-12(19(21)22)13(17(3)16-10)14(20)18-8-5-11(6-9-18)4-7-15-2;/h11,15H,4-9H2,1-3H3;1H. The summed E-state index contributed by atoms with van der Waals surface area (Å²) in [7, 11) is 3.51. The Labute approximate surface area is 141 Å². The van der Waals surface area contributed by atoms with Crippen LogP contribution in [0.15, 0.2) is 0 Å². The van der Waals surface area contributed by atoms with Gasteiger partial charge in [-0.3, -0.25) is 19.6 Å². The first-order chi connectivity index (χ1) is 10.5. The van der Waals surface area contributed by atoms with Crippen LogP contribution in [-0.2, 0) is 7.05 Å². The SMILES string of the molecule is CNCCC1CCN(C(=O)c2c([N+](=O)[O-])c(C)nn2C)CC1.Cl. The van der Waals surface area contributed by atoms with Crippen LogP contribution in [0.5, 0.6) is 0 Å². The number of halogens is 1. The number of amides is 1. The number of nitrogens with zero attached hydrogens (tertiary/aromatic N) is 4. The first-order valence-corrected chi connectivity index (χ1v) is 7.57. The molecule has 1 amide bonds. The van der Waals surface area contributed by atoms with E-state index in [0.717, 1.165) is 25.8 Å². The van der Waals surface area contributed by atoms with Crippen LogP contribution in [0.25, 0.3) is 0 Å². The molecule has 130 valence electrons. The lowest BCUT2D eigenvalue weighted by Gasteiger charge is -2.31. The molecule has 1 fully saturated rings. The van der Waals surface area contributed by atoms with Crippen molar-refractivity contribution in [3.8, 4) is 0 Å². The molecule has 1 saturated heterocycles. The Hall–Kier alpha value is -1.67. The van der Waals surface area contributed by atoms with E-state index in [4.69, 9.17) is 0 Å². The van der Waals surface area contributed by atoms with Crippen molar-refractivity contribution < 1.29 is 9.72 Å². The molecule has 0 saturated carbocycles. The van der Waals surface area contributed by atoms with Gasteiger partial charge in [0.05, 0.1) is 4.92 Å². The van der Waals surface area contributed by atoms with Crippen molar-refractivity contribution in [2.75, 3.05) is 26.7 Å². The van der Waals surface area contributed by atoms with E-state index in [2.05, 4.69) is 10.4 Å². The van der Waals surface area contributed by atoms with Crippen molar-refractivity contribution >= 4 is 24.0 Å². The molecule has 0 aliphatic carbocycles. The van der Waals surface area contributed by atoms with Gasteiger partial charge in [-0.1, -0.05) is 0 Å². The Kier molecular flexibility index (Phi) is 6.96. The fourth-order valence-corrected chi connectivity index (χ4v) is 3.03. The Bertz CT molecular complexity index is 567. The number of hydrogen-bond donors (Lipinski definition) is 1. The van der Waals surface area contributed by atoms with Crippen molar-refractivity contribution in [2.24, 2.45) is 13.0 Å². The van der Waals surface area contributed by atoms with E-state index in [1.807, 2.05) is 7.05 Å². The fraction of sp³-hybridized carbons (Fsp3) is 0.714. The molecule has 1 aromatic rings. The molecule has 23 heavy (non-hydrogen) atoms. The smallest absolute Gasteiger partial charge is 0.322 e. The van der Waals surface area contributed by atoms with Crippen molar-refractivity contribution in [1.82, 2.24) is 20.0 Å². The molecule has 1 aromatic heterocycles. The second-order valence-electron chi connectivity index (χ2n) is 5.79. The largest absolute Gasteiger partial charge is 0.337 e. The zero-order chi connectivity index (χ0) is 16.3. The second-order valence-corrected chi connectivity index (χ2v) is 5.79. The molecular weight excluding hydrogens is 322 g/mol. The van der Waals surface area contributed by atoms with Gasteiger partial charge in [0, 0.05) is 20.1 Å². The Morgan fingerprint density at radius 2 is 2.04 bits per heavy atom. The topological polar surface area (TPSA) is 93.3 Å². The highest BCUT2D eigenvalue weighted by molar-refractivity contribution is 5.97. The molecule has 0 bridgehead atoms. The first-order valence-electron chi connectivity index (χ1n) is 7.57. The van der Waals surface area contributed by atoms with E-state index >= 15 is 0 Å².